The van der Waals surface area contributed by atoms with Crippen molar-refractivity contribution in [3.8, 4) is 11.5 Å². The lowest BCUT2D eigenvalue weighted by Crippen LogP contribution is -2.30. The van der Waals surface area contributed by atoms with Gasteiger partial charge in [-0.1, -0.05) is 18.2 Å². The van der Waals surface area contributed by atoms with Crippen molar-refractivity contribution in [3.63, 3.8) is 0 Å². The largest absolute Gasteiger partial charge is 0.497 e. The molecule has 11 heteroatoms. The number of hydrogen-bond acceptors (Lipinski definition) is 8. The van der Waals surface area contributed by atoms with Gasteiger partial charge in [0.2, 0.25) is 5.95 Å². The van der Waals surface area contributed by atoms with Crippen LogP contribution in [-0.2, 0) is 13.6 Å². The minimum Gasteiger partial charge on any atom is -0.497 e. The number of rotatable bonds is 9. The van der Waals surface area contributed by atoms with Crippen molar-refractivity contribution in [1.29, 1.82) is 0 Å². The van der Waals surface area contributed by atoms with Crippen molar-refractivity contribution < 1.29 is 14.6 Å². The van der Waals surface area contributed by atoms with Crippen LogP contribution in [0.15, 0.2) is 69.3 Å². The molecule has 0 amide bonds. The Morgan fingerprint density at radius 2 is 1.86 bits per heavy atom. The van der Waals surface area contributed by atoms with Gasteiger partial charge in [0.1, 0.15) is 24.2 Å². The van der Waals surface area contributed by atoms with E-state index in [1.165, 1.54) is 16.2 Å². The number of aryl methyl sites for hydroxylation is 1. The second kappa shape index (κ2) is 10.3. The second-order valence-corrected chi connectivity index (χ2v) is 7.85. The smallest absolute Gasteiger partial charge is 0.329 e. The van der Waals surface area contributed by atoms with E-state index in [0.717, 1.165) is 11.3 Å². The number of H-pyrrole nitrogens is 1. The van der Waals surface area contributed by atoms with Gasteiger partial charge in [0.25, 0.3) is 5.56 Å². The molecule has 0 aliphatic carbocycles. The third-order valence-corrected chi connectivity index (χ3v) is 5.42. The number of nitrogens with zero attached hydrogens (tertiary/aromatic N) is 4. The molecule has 182 valence electrons. The molecule has 4 rings (SSSR count). The summed E-state index contributed by atoms with van der Waals surface area (Å²) in [7, 11) is 3.10. The number of ether oxygens (including phenoxy) is 2. The normalized spacial score (nSPS) is 12.5. The first-order chi connectivity index (χ1) is 16.9. The number of nitrogens with one attached hydrogen (secondary N) is 2. The molecule has 0 aliphatic heterocycles. The number of methoxy groups -OCH3 is 1. The summed E-state index contributed by atoms with van der Waals surface area (Å²) in [6, 6.07) is 16.5. The molecule has 1 atom stereocenters. The van der Waals surface area contributed by atoms with Gasteiger partial charge in [-0.05, 0) is 48.9 Å². The number of anilines is 1. The SMILES string of the molecule is COc1ccc(/C(C)=N\Nc2nc3c(c(=O)[nH]c(=O)n3C)n2CC(O)COc2ccccc2)cc1. The summed E-state index contributed by atoms with van der Waals surface area (Å²) in [6.07, 6.45) is -0.976. The summed E-state index contributed by atoms with van der Waals surface area (Å²) in [5.41, 5.74) is 3.46. The van der Waals surface area contributed by atoms with Gasteiger partial charge in [0.15, 0.2) is 11.2 Å². The summed E-state index contributed by atoms with van der Waals surface area (Å²) < 4.78 is 13.5. The predicted molar refractivity (Wildman–Crippen MR) is 132 cm³/mol. The predicted octanol–water partition coefficient (Wildman–Crippen LogP) is 1.71. The molecular formula is C24H26N6O5. The molecule has 3 N–H and O–H groups in total. The van der Waals surface area contributed by atoms with Gasteiger partial charge in [-0.15, -0.1) is 0 Å². The monoisotopic (exact) mass is 478 g/mol. The molecule has 0 saturated carbocycles. The Labute approximate surface area is 200 Å². The number of imidazole rings is 1. The van der Waals surface area contributed by atoms with Crippen LogP contribution in [0.1, 0.15) is 12.5 Å². The Kier molecular flexibility index (Phi) is 6.97. The maximum atomic E-state index is 12.6. The molecule has 4 aromatic rings. The number of fused-ring (bicyclic) bond motifs is 1. The van der Waals surface area contributed by atoms with Crippen molar-refractivity contribution in [2.75, 3.05) is 19.1 Å². The third kappa shape index (κ3) is 5.25. The standard InChI is InChI=1S/C24H26N6O5/c1-15(16-9-11-18(34-3)12-10-16)27-28-23-25-21-20(22(32)26-24(33)29(21)2)30(23)13-17(31)14-35-19-7-5-4-6-8-19/h4-12,17,31H,13-14H2,1-3H3,(H,25,28)(H,26,32,33)/b27-15-. The van der Waals surface area contributed by atoms with Gasteiger partial charge in [-0.2, -0.15) is 10.1 Å². The van der Waals surface area contributed by atoms with Gasteiger partial charge in [-0.25, -0.2) is 10.2 Å². The van der Waals surface area contributed by atoms with E-state index < -0.39 is 17.4 Å². The minimum absolute atomic E-state index is 0.0130. The first-order valence-electron chi connectivity index (χ1n) is 10.9. The lowest BCUT2D eigenvalue weighted by atomic mass is 10.1. The molecule has 0 spiro atoms. The molecule has 2 aromatic heterocycles. The molecule has 0 aliphatic rings. The van der Waals surface area contributed by atoms with Crippen LogP contribution in [0.4, 0.5) is 5.95 Å². The van der Waals surface area contributed by atoms with Crippen LogP contribution in [0, 0.1) is 0 Å². The zero-order valence-electron chi connectivity index (χ0n) is 19.6. The van der Waals surface area contributed by atoms with E-state index in [4.69, 9.17) is 9.47 Å². The number of hydrazone groups is 1. The van der Waals surface area contributed by atoms with E-state index in [0.29, 0.717) is 11.5 Å². The van der Waals surface area contributed by atoms with Crippen molar-refractivity contribution in [2.24, 2.45) is 12.1 Å². The Bertz CT molecular complexity index is 1450. The molecular weight excluding hydrogens is 452 g/mol. The number of hydrogen-bond donors (Lipinski definition) is 3. The third-order valence-electron chi connectivity index (χ3n) is 5.42. The zero-order valence-corrected chi connectivity index (χ0v) is 19.6. The molecule has 0 saturated heterocycles. The summed E-state index contributed by atoms with van der Waals surface area (Å²) >= 11 is 0. The van der Waals surface area contributed by atoms with Crippen LogP contribution in [0.2, 0.25) is 0 Å². The fraction of sp³-hybridized carbons (Fsp3) is 0.250. The summed E-state index contributed by atoms with van der Waals surface area (Å²) in [5, 5.41) is 15.0. The van der Waals surface area contributed by atoms with Crippen LogP contribution in [0.3, 0.4) is 0 Å². The van der Waals surface area contributed by atoms with E-state index in [2.05, 4.69) is 20.5 Å². The van der Waals surface area contributed by atoms with Crippen LogP contribution >= 0.6 is 0 Å². The molecule has 2 aromatic carbocycles. The number of para-hydroxylation sites is 1. The van der Waals surface area contributed by atoms with E-state index in [9.17, 15) is 14.7 Å². The first kappa shape index (κ1) is 23.8. The Hall–Kier alpha value is -4.38. The van der Waals surface area contributed by atoms with Crippen molar-refractivity contribution >= 4 is 22.8 Å². The highest BCUT2D eigenvalue weighted by molar-refractivity contribution is 5.99. The number of aromatic nitrogens is 4. The van der Waals surface area contributed by atoms with Gasteiger partial charge in [0.05, 0.1) is 19.4 Å². The molecule has 1 unspecified atom stereocenters. The Morgan fingerprint density at radius 1 is 1.14 bits per heavy atom. The molecule has 11 nitrogen and oxygen atoms in total. The van der Waals surface area contributed by atoms with Gasteiger partial charge >= 0.3 is 5.69 Å². The Balaban J connectivity index is 1.64. The molecule has 0 bridgehead atoms. The lowest BCUT2D eigenvalue weighted by Gasteiger charge is -2.15. The molecule has 35 heavy (non-hydrogen) atoms. The highest BCUT2D eigenvalue weighted by Crippen LogP contribution is 2.18. The van der Waals surface area contributed by atoms with Gasteiger partial charge in [0, 0.05) is 7.05 Å². The molecule has 0 radical (unpaired) electrons. The van der Waals surface area contributed by atoms with Crippen LogP contribution in [0.5, 0.6) is 11.5 Å². The quantitative estimate of drug-likeness (QED) is 0.246. The molecule has 2 heterocycles. The second-order valence-electron chi connectivity index (χ2n) is 7.85. The minimum atomic E-state index is -0.976. The number of aromatic amines is 1. The van der Waals surface area contributed by atoms with E-state index in [-0.39, 0.29) is 30.3 Å². The average molecular weight is 479 g/mol. The number of aliphatic hydroxyl groups is 1. The lowest BCUT2D eigenvalue weighted by molar-refractivity contribution is 0.0938. The number of benzene rings is 2. The zero-order chi connectivity index (χ0) is 24.9. The van der Waals surface area contributed by atoms with Crippen molar-refractivity contribution in [1.82, 2.24) is 19.1 Å². The summed E-state index contributed by atoms with van der Waals surface area (Å²) in [6.45, 7) is 1.78. The molecule has 0 fully saturated rings. The Morgan fingerprint density at radius 3 is 2.54 bits per heavy atom. The fourth-order valence-electron chi connectivity index (χ4n) is 3.50. The van der Waals surface area contributed by atoms with Crippen LogP contribution in [0.25, 0.3) is 11.2 Å². The van der Waals surface area contributed by atoms with Gasteiger partial charge < -0.3 is 19.1 Å². The maximum absolute atomic E-state index is 12.6. The van der Waals surface area contributed by atoms with Crippen LogP contribution < -0.4 is 26.1 Å². The topological polar surface area (TPSA) is 136 Å². The van der Waals surface area contributed by atoms with Crippen molar-refractivity contribution in [2.45, 2.75) is 19.6 Å². The summed E-state index contributed by atoms with van der Waals surface area (Å²) in [5.74, 6) is 1.53. The van der Waals surface area contributed by atoms with Crippen molar-refractivity contribution in [3.05, 3.63) is 81.0 Å². The number of aliphatic hydroxyl groups excluding tert-OH is 1. The van der Waals surface area contributed by atoms with Gasteiger partial charge in [-0.3, -0.25) is 14.3 Å². The van der Waals surface area contributed by atoms with Crippen LogP contribution in [-0.4, -0.2) is 49.7 Å². The highest BCUT2D eigenvalue weighted by Gasteiger charge is 2.20. The fourth-order valence-corrected chi connectivity index (χ4v) is 3.50. The average Bonchev–Trinajstić information content (AvgIpc) is 3.24. The van der Waals surface area contributed by atoms with E-state index >= 15 is 0 Å². The van der Waals surface area contributed by atoms with E-state index in [1.807, 2.05) is 49.4 Å². The first-order valence-corrected chi connectivity index (χ1v) is 10.9. The maximum Gasteiger partial charge on any atom is 0.329 e. The highest BCUT2D eigenvalue weighted by atomic mass is 16.5. The van der Waals surface area contributed by atoms with E-state index in [1.54, 1.807) is 19.2 Å². The summed E-state index contributed by atoms with van der Waals surface area (Å²) in [4.78, 5) is 31.4.